The first kappa shape index (κ1) is 8.62. The van der Waals surface area contributed by atoms with Crippen LogP contribution in [0.4, 0.5) is 0 Å². The Kier molecular flexibility index (Phi) is 2.45. The van der Waals surface area contributed by atoms with Crippen LogP contribution in [-0.2, 0) is 0 Å². The number of hydrogen-bond acceptors (Lipinski definition) is 4. The molecule has 62 valence electrons. The molecule has 0 saturated heterocycles. The molecule has 0 aliphatic heterocycles. The average molecular weight is 282 g/mol. The Labute approximate surface area is 90.5 Å². The highest BCUT2D eigenvalue weighted by Crippen LogP contribution is 2.34. The van der Waals surface area contributed by atoms with Crippen molar-refractivity contribution in [3.8, 4) is 9.88 Å². The van der Waals surface area contributed by atoms with Crippen molar-refractivity contribution >= 4 is 50.4 Å². The number of rotatable bonds is 1. The lowest BCUT2D eigenvalue weighted by molar-refractivity contribution is 1.26. The Hall–Kier alpha value is 0.0300. The molecule has 2 nitrogen and oxygen atoms in total. The van der Waals surface area contributed by atoms with Crippen LogP contribution < -0.4 is 0 Å². The Balaban J connectivity index is 2.50. The molecule has 6 heteroatoms. The minimum atomic E-state index is 0.618. The Morgan fingerprint density at radius 2 is 2.33 bits per heavy atom. The number of aromatic nitrogens is 2. The number of nitrogens with zero attached hydrogens (tertiary/aromatic N) is 2. The van der Waals surface area contributed by atoms with Crippen LogP contribution in [0, 0.1) is 0 Å². The van der Waals surface area contributed by atoms with Crippen molar-refractivity contribution in [3.05, 3.63) is 21.2 Å². The summed E-state index contributed by atoms with van der Waals surface area (Å²) in [6.07, 6.45) is 0. The van der Waals surface area contributed by atoms with E-state index in [9.17, 15) is 0 Å². The molecule has 0 aliphatic rings. The van der Waals surface area contributed by atoms with Gasteiger partial charge in [-0.3, -0.25) is 0 Å². The molecule has 2 aromatic heterocycles. The molecule has 0 N–H and O–H groups in total. The summed E-state index contributed by atoms with van der Waals surface area (Å²) in [5, 5.41) is 3.54. The smallest absolute Gasteiger partial charge is 0.208 e. The van der Waals surface area contributed by atoms with Crippen LogP contribution in [-0.4, -0.2) is 9.36 Å². The van der Waals surface area contributed by atoms with Gasteiger partial charge < -0.3 is 0 Å². The predicted molar refractivity (Wildman–Crippen MR) is 55.9 cm³/mol. The second-order valence-corrected chi connectivity index (χ2v) is 4.75. The summed E-state index contributed by atoms with van der Waals surface area (Å²) >= 11 is 12.0. The molecule has 2 heterocycles. The van der Waals surface area contributed by atoms with Gasteiger partial charge in [-0.1, -0.05) is 11.6 Å². The predicted octanol–water partition coefficient (Wildman–Crippen LogP) is 3.68. The van der Waals surface area contributed by atoms with E-state index < -0.39 is 0 Å². The summed E-state index contributed by atoms with van der Waals surface area (Å²) in [6, 6.07) is 1.86. The van der Waals surface area contributed by atoms with Crippen molar-refractivity contribution in [1.29, 1.82) is 0 Å². The summed E-state index contributed by atoms with van der Waals surface area (Å²) in [5.74, 6) is 0. The molecular weight excluding hydrogens is 280 g/mol. The molecule has 0 bridgehead atoms. The molecule has 0 aliphatic carbocycles. The van der Waals surface area contributed by atoms with E-state index in [1.807, 2.05) is 11.4 Å². The maximum absolute atomic E-state index is 5.92. The van der Waals surface area contributed by atoms with Crippen molar-refractivity contribution < 1.29 is 0 Å². The number of halogens is 2. The molecule has 0 aromatic carbocycles. The second-order valence-electron chi connectivity index (χ2n) is 1.97. The maximum Gasteiger partial charge on any atom is 0.209 e. The maximum atomic E-state index is 5.92. The van der Waals surface area contributed by atoms with Crippen molar-refractivity contribution in [2.45, 2.75) is 0 Å². The van der Waals surface area contributed by atoms with Gasteiger partial charge in [-0.15, -0.1) is 11.3 Å². The van der Waals surface area contributed by atoms with E-state index in [-0.39, 0.29) is 0 Å². The number of thiophene rings is 1. The van der Waals surface area contributed by atoms with Crippen LogP contribution in [0.1, 0.15) is 0 Å². The van der Waals surface area contributed by atoms with Crippen LogP contribution in [0.15, 0.2) is 16.2 Å². The third-order valence-electron chi connectivity index (χ3n) is 1.21. The standard InChI is InChI=1S/C6H2BrClN2S2/c7-6-9-5(12-10-6)4-3(8)1-2-11-4/h1-2H. The van der Waals surface area contributed by atoms with Gasteiger partial charge in [0.05, 0.1) is 9.90 Å². The fourth-order valence-electron chi connectivity index (χ4n) is 0.744. The van der Waals surface area contributed by atoms with E-state index in [0.29, 0.717) is 4.73 Å². The van der Waals surface area contributed by atoms with Crippen LogP contribution >= 0.6 is 50.4 Å². The monoisotopic (exact) mass is 280 g/mol. The van der Waals surface area contributed by atoms with Gasteiger partial charge in [0, 0.05) is 0 Å². The van der Waals surface area contributed by atoms with Crippen molar-refractivity contribution in [3.63, 3.8) is 0 Å². The molecule has 0 atom stereocenters. The highest BCUT2D eigenvalue weighted by atomic mass is 79.9. The normalized spacial score (nSPS) is 10.5. The first-order valence-electron chi connectivity index (χ1n) is 3.00. The zero-order chi connectivity index (χ0) is 8.55. The SMILES string of the molecule is Clc1ccsc1-c1nc(Br)ns1. The Morgan fingerprint density at radius 3 is 2.83 bits per heavy atom. The van der Waals surface area contributed by atoms with Crippen LogP contribution in [0.2, 0.25) is 5.02 Å². The van der Waals surface area contributed by atoms with Crippen molar-refractivity contribution in [2.24, 2.45) is 0 Å². The van der Waals surface area contributed by atoms with Crippen LogP contribution in [0.25, 0.3) is 9.88 Å². The van der Waals surface area contributed by atoms with Gasteiger partial charge in [0.1, 0.15) is 0 Å². The largest absolute Gasteiger partial charge is 0.209 e. The molecule has 0 amide bonds. The zero-order valence-electron chi connectivity index (χ0n) is 5.62. The molecule has 2 aromatic rings. The molecular formula is C6H2BrClN2S2. The molecule has 0 fully saturated rings. The van der Waals surface area contributed by atoms with Gasteiger partial charge in [-0.25, -0.2) is 4.98 Å². The minimum Gasteiger partial charge on any atom is -0.208 e. The molecule has 0 radical (unpaired) electrons. The second kappa shape index (κ2) is 3.41. The van der Waals surface area contributed by atoms with Gasteiger partial charge in [-0.05, 0) is 38.9 Å². The fraction of sp³-hybridized carbons (Fsp3) is 0. The highest BCUT2D eigenvalue weighted by Gasteiger charge is 2.09. The molecule has 0 unspecified atom stereocenters. The van der Waals surface area contributed by atoms with Crippen LogP contribution in [0.5, 0.6) is 0 Å². The van der Waals surface area contributed by atoms with E-state index in [1.165, 1.54) is 11.5 Å². The average Bonchev–Trinajstić information content (AvgIpc) is 2.58. The van der Waals surface area contributed by atoms with E-state index in [0.717, 1.165) is 14.9 Å². The Morgan fingerprint density at radius 1 is 1.50 bits per heavy atom. The van der Waals surface area contributed by atoms with Crippen LogP contribution in [0.3, 0.4) is 0 Å². The van der Waals surface area contributed by atoms with Gasteiger partial charge >= 0.3 is 0 Å². The summed E-state index contributed by atoms with van der Waals surface area (Å²) < 4.78 is 4.63. The third kappa shape index (κ3) is 1.54. The lowest BCUT2D eigenvalue weighted by Gasteiger charge is -1.87. The van der Waals surface area contributed by atoms with Gasteiger partial charge in [0.15, 0.2) is 5.01 Å². The zero-order valence-corrected chi connectivity index (χ0v) is 9.60. The summed E-state index contributed by atoms with van der Waals surface area (Å²) in [6.45, 7) is 0. The molecule has 12 heavy (non-hydrogen) atoms. The summed E-state index contributed by atoms with van der Waals surface area (Å²) in [7, 11) is 0. The van der Waals surface area contributed by atoms with E-state index >= 15 is 0 Å². The van der Waals surface area contributed by atoms with E-state index in [2.05, 4.69) is 25.3 Å². The molecule has 2 rings (SSSR count). The first-order chi connectivity index (χ1) is 5.77. The quantitative estimate of drug-likeness (QED) is 0.797. The number of hydrogen-bond donors (Lipinski definition) is 0. The third-order valence-corrected chi connectivity index (χ3v) is 4.01. The summed E-state index contributed by atoms with van der Waals surface area (Å²) in [5.41, 5.74) is 0. The molecule has 0 saturated carbocycles. The highest BCUT2D eigenvalue weighted by molar-refractivity contribution is 9.10. The topological polar surface area (TPSA) is 25.8 Å². The lowest BCUT2D eigenvalue weighted by Crippen LogP contribution is -1.69. The van der Waals surface area contributed by atoms with E-state index in [1.54, 1.807) is 11.3 Å². The first-order valence-corrected chi connectivity index (χ1v) is 5.82. The van der Waals surface area contributed by atoms with Gasteiger partial charge in [0.2, 0.25) is 4.73 Å². The van der Waals surface area contributed by atoms with Crippen molar-refractivity contribution in [2.75, 3.05) is 0 Å². The van der Waals surface area contributed by atoms with Gasteiger partial charge in [-0.2, -0.15) is 4.37 Å². The lowest BCUT2D eigenvalue weighted by atomic mass is 10.5. The van der Waals surface area contributed by atoms with Crippen molar-refractivity contribution in [1.82, 2.24) is 9.36 Å². The fourth-order valence-corrected chi connectivity index (χ4v) is 3.12. The van der Waals surface area contributed by atoms with Gasteiger partial charge in [0.25, 0.3) is 0 Å². The molecule has 0 spiro atoms. The summed E-state index contributed by atoms with van der Waals surface area (Å²) in [4.78, 5) is 5.15. The Bertz CT molecular complexity index is 398. The van der Waals surface area contributed by atoms with E-state index in [4.69, 9.17) is 11.6 Å². The minimum absolute atomic E-state index is 0.618.